The van der Waals surface area contributed by atoms with Crippen LogP contribution in [0.15, 0.2) is 16.8 Å². The van der Waals surface area contributed by atoms with Gasteiger partial charge in [0.05, 0.1) is 5.84 Å². The second-order valence-corrected chi connectivity index (χ2v) is 5.11. The fraction of sp³-hybridized carbons (Fsp3) is 0.800. The minimum absolute atomic E-state index is 0.999. The molecule has 0 atom stereocenters. The first kappa shape index (κ1) is 15.2. The highest BCUT2D eigenvalue weighted by Gasteiger charge is 2.08. The van der Waals surface area contributed by atoms with Crippen LogP contribution in [-0.4, -0.2) is 37.4 Å². The molecule has 1 heterocycles. The van der Waals surface area contributed by atoms with Crippen LogP contribution in [0.3, 0.4) is 0 Å². The molecule has 0 saturated carbocycles. The monoisotopic (exact) mass is 251 g/mol. The molecule has 104 valence electrons. The van der Waals surface area contributed by atoms with E-state index in [4.69, 9.17) is 0 Å². The normalized spacial score (nSPS) is 19.1. The van der Waals surface area contributed by atoms with Gasteiger partial charge in [-0.05, 0) is 65.6 Å². The summed E-state index contributed by atoms with van der Waals surface area (Å²) in [5.74, 6) is 0.999. The number of allylic oxidation sites excluding steroid dienone is 2. The third kappa shape index (κ3) is 6.20. The molecule has 0 aromatic rings. The summed E-state index contributed by atoms with van der Waals surface area (Å²) in [5.41, 5.74) is 1.30. The van der Waals surface area contributed by atoms with Gasteiger partial charge in [-0.1, -0.05) is 12.5 Å². The Labute approximate surface area is 112 Å². The largest absolute Gasteiger partial charge is 0.348 e. The van der Waals surface area contributed by atoms with Gasteiger partial charge in [0.15, 0.2) is 0 Å². The van der Waals surface area contributed by atoms with Crippen LogP contribution in [0.2, 0.25) is 0 Å². The van der Waals surface area contributed by atoms with Crippen LogP contribution in [0.25, 0.3) is 0 Å². The zero-order valence-corrected chi connectivity index (χ0v) is 12.3. The number of piperidine rings is 1. The first-order valence-corrected chi connectivity index (χ1v) is 7.34. The number of likely N-dealkylation sites (tertiary alicyclic amines) is 1. The van der Waals surface area contributed by atoms with E-state index in [2.05, 4.69) is 28.2 Å². The summed E-state index contributed by atoms with van der Waals surface area (Å²) in [7, 11) is 1.83. The van der Waals surface area contributed by atoms with Gasteiger partial charge < -0.3 is 10.2 Å². The number of nitrogens with one attached hydrogen (secondary N) is 1. The summed E-state index contributed by atoms with van der Waals surface area (Å²) in [6.45, 7) is 8.01. The van der Waals surface area contributed by atoms with Crippen molar-refractivity contribution in [1.82, 2.24) is 10.2 Å². The van der Waals surface area contributed by atoms with Crippen LogP contribution in [0, 0.1) is 0 Å². The van der Waals surface area contributed by atoms with Crippen LogP contribution in [0.4, 0.5) is 0 Å². The summed E-state index contributed by atoms with van der Waals surface area (Å²) in [5, 5.41) is 3.35. The molecule has 1 rings (SSSR count). The van der Waals surface area contributed by atoms with Crippen LogP contribution in [0.1, 0.15) is 52.4 Å². The molecular weight excluding hydrogens is 222 g/mol. The number of aliphatic imine (C=N–C) groups is 1. The molecule has 0 aliphatic carbocycles. The van der Waals surface area contributed by atoms with Gasteiger partial charge in [0.25, 0.3) is 0 Å². The van der Waals surface area contributed by atoms with Gasteiger partial charge >= 0.3 is 0 Å². The highest BCUT2D eigenvalue weighted by Crippen LogP contribution is 2.11. The standard InChI is InChI=1S/C15H29N3/c1-4-15(17-14(2)16-3)10-6-9-13-18-11-7-5-8-12-18/h4H,5-13H2,1-3H3,(H,16,17)/b15-4-. The quantitative estimate of drug-likeness (QED) is 0.446. The fourth-order valence-electron chi connectivity index (χ4n) is 2.40. The second kappa shape index (κ2) is 9.15. The Kier molecular flexibility index (Phi) is 7.74. The maximum Gasteiger partial charge on any atom is 0.0969 e. The van der Waals surface area contributed by atoms with E-state index < -0.39 is 0 Å². The SMILES string of the molecule is C/C=C(/CCCCN1CCCCC1)NC(C)=NC. The van der Waals surface area contributed by atoms with E-state index in [9.17, 15) is 0 Å². The fourth-order valence-corrected chi connectivity index (χ4v) is 2.40. The van der Waals surface area contributed by atoms with Crippen molar-refractivity contribution in [2.24, 2.45) is 4.99 Å². The van der Waals surface area contributed by atoms with Gasteiger partial charge in [0.1, 0.15) is 0 Å². The Morgan fingerprint density at radius 3 is 2.56 bits per heavy atom. The molecule has 0 spiro atoms. The van der Waals surface area contributed by atoms with E-state index in [-0.39, 0.29) is 0 Å². The summed E-state index contributed by atoms with van der Waals surface area (Å²) < 4.78 is 0. The maximum absolute atomic E-state index is 4.13. The number of nitrogens with zero attached hydrogens (tertiary/aromatic N) is 2. The summed E-state index contributed by atoms with van der Waals surface area (Å²) in [6, 6.07) is 0. The lowest BCUT2D eigenvalue weighted by Crippen LogP contribution is -2.30. The average Bonchev–Trinajstić information content (AvgIpc) is 2.43. The van der Waals surface area contributed by atoms with Crippen LogP contribution < -0.4 is 5.32 Å². The second-order valence-electron chi connectivity index (χ2n) is 5.11. The Morgan fingerprint density at radius 2 is 1.94 bits per heavy atom. The Bertz CT molecular complexity index is 275. The van der Waals surface area contributed by atoms with Gasteiger partial charge in [-0.25, -0.2) is 0 Å². The number of hydrogen-bond acceptors (Lipinski definition) is 2. The van der Waals surface area contributed by atoms with E-state index in [1.165, 1.54) is 57.4 Å². The van der Waals surface area contributed by atoms with Crippen LogP contribution in [-0.2, 0) is 0 Å². The molecule has 1 aliphatic rings. The molecule has 1 aliphatic heterocycles. The van der Waals surface area contributed by atoms with Gasteiger partial charge in [0.2, 0.25) is 0 Å². The van der Waals surface area contributed by atoms with Gasteiger partial charge in [0, 0.05) is 12.7 Å². The molecule has 0 unspecified atom stereocenters. The van der Waals surface area contributed by atoms with Crippen molar-refractivity contribution in [1.29, 1.82) is 0 Å². The smallest absolute Gasteiger partial charge is 0.0969 e. The number of amidine groups is 1. The highest BCUT2D eigenvalue weighted by molar-refractivity contribution is 5.80. The molecule has 0 aromatic carbocycles. The molecule has 3 heteroatoms. The van der Waals surface area contributed by atoms with Crippen molar-refractivity contribution in [3.63, 3.8) is 0 Å². The van der Waals surface area contributed by atoms with E-state index in [1.807, 2.05) is 14.0 Å². The zero-order chi connectivity index (χ0) is 13.2. The molecule has 0 aromatic heterocycles. The first-order valence-electron chi connectivity index (χ1n) is 7.34. The molecular formula is C15H29N3. The number of hydrogen-bond donors (Lipinski definition) is 1. The summed E-state index contributed by atoms with van der Waals surface area (Å²) >= 11 is 0. The van der Waals surface area contributed by atoms with Crippen molar-refractivity contribution in [3.05, 3.63) is 11.8 Å². The van der Waals surface area contributed by atoms with Gasteiger partial charge in [-0.2, -0.15) is 0 Å². The molecule has 18 heavy (non-hydrogen) atoms. The van der Waals surface area contributed by atoms with Crippen LogP contribution in [0.5, 0.6) is 0 Å². The lowest BCUT2D eigenvalue weighted by atomic mass is 10.1. The predicted molar refractivity (Wildman–Crippen MR) is 80.1 cm³/mol. The lowest BCUT2D eigenvalue weighted by molar-refractivity contribution is 0.225. The minimum atomic E-state index is 0.999. The van der Waals surface area contributed by atoms with E-state index in [0.29, 0.717) is 0 Å². The number of rotatable bonds is 6. The van der Waals surface area contributed by atoms with Crippen molar-refractivity contribution >= 4 is 5.84 Å². The Balaban J connectivity index is 2.11. The third-order valence-electron chi connectivity index (χ3n) is 3.64. The molecule has 3 nitrogen and oxygen atoms in total. The van der Waals surface area contributed by atoms with Gasteiger partial charge in [-0.15, -0.1) is 0 Å². The molecule has 0 bridgehead atoms. The van der Waals surface area contributed by atoms with Crippen molar-refractivity contribution in [3.8, 4) is 0 Å². The third-order valence-corrected chi connectivity index (χ3v) is 3.64. The summed E-state index contributed by atoms with van der Waals surface area (Å²) in [6.07, 6.45) is 10.1. The van der Waals surface area contributed by atoms with E-state index in [1.54, 1.807) is 0 Å². The van der Waals surface area contributed by atoms with Crippen molar-refractivity contribution in [2.75, 3.05) is 26.7 Å². The Hall–Kier alpha value is -0.830. The van der Waals surface area contributed by atoms with E-state index >= 15 is 0 Å². The maximum atomic E-state index is 4.13. The average molecular weight is 251 g/mol. The molecule has 0 radical (unpaired) electrons. The summed E-state index contributed by atoms with van der Waals surface area (Å²) in [4.78, 5) is 6.75. The number of unbranched alkanes of at least 4 members (excludes halogenated alkanes) is 1. The molecule has 1 saturated heterocycles. The lowest BCUT2D eigenvalue weighted by Gasteiger charge is -2.26. The molecule has 1 fully saturated rings. The molecule has 0 amide bonds. The first-order chi connectivity index (χ1) is 8.76. The van der Waals surface area contributed by atoms with Crippen molar-refractivity contribution in [2.45, 2.75) is 52.4 Å². The minimum Gasteiger partial charge on any atom is -0.348 e. The van der Waals surface area contributed by atoms with E-state index in [0.717, 1.165) is 12.3 Å². The van der Waals surface area contributed by atoms with Crippen molar-refractivity contribution < 1.29 is 0 Å². The Morgan fingerprint density at radius 1 is 1.22 bits per heavy atom. The predicted octanol–water partition coefficient (Wildman–Crippen LogP) is 3.18. The highest BCUT2D eigenvalue weighted by atomic mass is 15.1. The molecule has 1 N–H and O–H groups in total. The van der Waals surface area contributed by atoms with Crippen LogP contribution >= 0.6 is 0 Å². The van der Waals surface area contributed by atoms with Gasteiger partial charge in [-0.3, -0.25) is 4.99 Å². The zero-order valence-electron chi connectivity index (χ0n) is 12.3. The topological polar surface area (TPSA) is 27.6 Å².